The third kappa shape index (κ3) is 4.18. The predicted molar refractivity (Wildman–Crippen MR) is 95.9 cm³/mol. The van der Waals surface area contributed by atoms with Crippen LogP contribution in [0.5, 0.6) is 0 Å². The predicted octanol–water partition coefficient (Wildman–Crippen LogP) is 3.76. The second kappa shape index (κ2) is 7.95. The van der Waals surface area contributed by atoms with Crippen LogP contribution in [-0.4, -0.2) is 31.7 Å². The summed E-state index contributed by atoms with van der Waals surface area (Å²) in [6, 6.07) is 9.76. The molecule has 0 aliphatic rings. The molecule has 1 amide bonds. The van der Waals surface area contributed by atoms with Gasteiger partial charge < -0.3 is 5.32 Å². The Morgan fingerprint density at radius 2 is 1.72 bits per heavy atom. The van der Waals surface area contributed by atoms with Crippen LogP contribution in [0.2, 0.25) is 5.02 Å². The minimum atomic E-state index is -3.59. The van der Waals surface area contributed by atoms with E-state index in [2.05, 4.69) is 5.32 Å². The molecule has 8 heteroatoms. The first-order valence-corrected chi connectivity index (χ1v) is 9.48. The number of nitrogens with one attached hydrogen (secondary N) is 1. The molecule has 0 aliphatic heterocycles. The number of nitrogens with zero attached hydrogens (tertiary/aromatic N) is 1. The van der Waals surface area contributed by atoms with Crippen molar-refractivity contribution in [3.8, 4) is 0 Å². The van der Waals surface area contributed by atoms with E-state index in [0.717, 1.165) is 0 Å². The number of benzene rings is 2. The van der Waals surface area contributed by atoms with Gasteiger partial charge in [-0.05, 0) is 36.4 Å². The van der Waals surface area contributed by atoms with Crippen LogP contribution in [-0.2, 0) is 10.0 Å². The highest BCUT2D eigenvalue weighted by atomic mass is 35.5. The molecule has 2 rings (SSSR count). The van der Waals surface area contributed by atoms with Crippen LogP contribution in [0.4, 0.5) is 10.1 Å². The number of hydrogen-bond acceptors (Lipinski definition) is 3. The molecule has 0 saturated carbocycles. The van der Waals surface area contributed by atoms with Crippen molar-refractivity contribution < 1.29 is 17.6 Å². The number of hydrogen-bond donors (Lipinski definition) is 1. The third-order valence-corrected chi connectivity index (χ3v) is 6.02. The maximum Gasteiger partial charge on any atom is 0.255 e. The Bertz CT molecular complexity index is 866. The Kier molecular flexibility index (Phi) is 6.16. The molecule has 0 unspecified atom stereocenters. The number of amides is 1. The number of sulfonamides is 1. The van der Waals surface area contributed by atoms with Crippen LogP contribution in [0, 0.1) is 5.82 Å². The van der Waals surface area contributed by atoms with Crippen LogP contribution in [0.15, 0.2) is 47.4 Å². The van der Waals surface area contributed by atoms with Gasteiger partial charge in [0, 0.05) is 18.7 Å². The molecule has 134 valence electrons. The average Bonchev–Trinajstić information content (AvgIpc) is 2.60. The summed E-state index contributed by atoms with van der Waals surface area (Å²) < 4.78 is 40.0. The zero-order valence-corrected chi connectivity index (χ0v) is 15.4. The van der Waals surface area contributed by atoms with Crippen LogP contribution in [0.25, 0.3) is 0 Å². The highest BCUT2D eigenvalue weighted by molar-refractivity contribution is 7.89. The van der Waals surface area contributed by atoms with E-state index in [1.165, 1.54) is 46.8 Å². The second-order valence-corrected chi connectivity index (χ2v) is 7.51. The summed E-state index contributed by atoms with van der Waals surface area (Å²) in [4.78, 5) is 12.3. The maximum atomic E-state index is 13.8. The first-order chi connectivity index (χ1) is 11.8. The van der Waals surface area contributed by atoms with Gasteiger partial charge in [0.05, 0.1) is 15.6 Å². The lowest BCUT2D eigenvalue weighted by Crippen LogP contribution is -2.30. The fraction of sp³-hybridized carbons (Fsp3) is 0.235. The van der Waals surface area contributed by atoms with Gasteiger partial charge in [0.1, 0.15) is 0 Å². The SMILES string of the molecule is CCN(CC)S(=O)(=O)c1ccc(C(=O)Nc2cccc(Cl)c2F)cc1. The van der Waals surface area contributed by atoms with Gasteiger partial charge in [-0.3, -0.25) is 4.79 Å². The normalized spacial score (nSPS) is 11.6. The summed E-state index contributed by atoms with van der Waals surface area (Å²) in [5, 5.41) is 2.31. The molecule has 2 aromatic rings. The highest BCUT2D eigenvalue weighted by Gasteiger charge is 2.21. The first-order valence-electron chi connectivity index (χ1n) is 7.66. The van der Waals surface area contributed by atoms with Gasteiger partial charge in [-0.25, -0.2) is 12.8 Å². The number of rotatable bonds is 6. The van der Waals surface area contributed by atoms with Crippen LogP contribution < -0.4 is 5.32 Å². The largest absolute Gasteiger partial charge is 0.319 e. The van der Waals surface area contributed by atoms with Crippen LogP contribution in [0.1, 0.15) is 24.2 Å². The van der Waals surface area contributed by atoms with E-state index in [9.17, 15) is 17.6 Å². The van der Waals surface area contributed by atoms with Crippen molar-refractivity contribution in [3.05, 3.63) is 58.9 Å². The van der Waals surface area contributed by atoms with E-state index in [-0.39, 0.29) is 21.2 Å². The Hall–Kier alpha value is -1.96. The fourth-order valence-corrected chi connectivity index (χ4v) is 3.92. The number of carbonyl (C=O) groups excluding carboxylic acids is 1. The van der Waals surface area contributed by atoms with E-state index < -0.39 is 21.7 Å². The molecule has 1 N–H and O–H groups in total. The number of anilines is 1. The Morgan fingerprint density at radius 3 is 2.28 bits per heavy atom. The van der Waals surface area contributed by atoms with Gasteiger partial charge in [-0.1, -0.05) is 31.5 Å². The van der Waals surface area contributed by atoms with Crippen molar-refractivity contribution in [1.82, 2.24) is 4.31 Å². The van der Waals surface area contributed by atoms with Gasteiger partial charge in [-0.15, -0.1) is 0 Å². The van der Waals surface area contributed by atoms with Crippen molar-refractivity contribution in [1.29, 1.82) is 0 Å². The van der Waals surface area contributed by atoms with Crippen molar-refractivity contribution in [3.63, 3.8) is 0 Å². The lowest BCUT2D eigenvalue weighted by molar-refractivity contribution is 0.102. The van der Waals surface area contributed by atoms with Gasteiger partial charge in [0.25, 0.3) is 5.91 Å². The molecule has 0 heterocycles. The topological polar surface area (TPSA) is 66.5 Å². The highest BCUT2D eigenvalue weighted by Crippen LogP contribution is 2.23. The van der Waals surface area contributed by atoms with Gasteiger partial charge >= 0.3 is 0 Å². The standard InChI is InChI=1S/C17H18ClFN2O3S/c1-3-21(4-2)25(23,24)13-10-8-12(9-11-13)17(22)20-15-7-5-6-14(18)16(15)19/h5-11H,3-4H2,1-2H3,(H,20,22). The zero-order valence-electron chi connectivity index (χ0n) is 13.8. The summed E-state index contributed by atoms with van der Waals surface area (Å²) >= 11 is 5.67. The molecule has 0 spiro atoms. The van der Waals surface area contributed by atoms with Crippen molar-refractivity contribution in [2.75, 3.05) is 18.4 Å². The summed E-state index contributed by atoms with van der Waals surface area (Å²) in [6.45, 7) is 4.22. The Labute approximate surface area is 151 Å². The number of halogens is 2. The summed E-state index contributed by atoms with van der Waals surface area (Å²) in [5.41, 5.74) is 0.162. The number of carbonyl (C=O) groups is 1. The molecular weight excluding hydrogens is 367 g/mol. The fourth-order valence-electron chi connectivity index (χ4n) is 2.29. The van der Waals surface area contributed by atoms with Crippen LogP contribution >= 0.6 is 11.6 Å². The minimum absolute atomic E-state index is 0.0441. The Balaban J connectivity index is 2.22. The molecule has 25 heavy (non-hydrogen) atoms. The van der Waals surface area contributed by atoms with E-state index in [0.29, 0.717) is 13.1 Å². The van der Waals surface area contributed by atoms with E-state index >= 15 is 0 Å². The molecule has 0 saturated heterocycles. The molecule has 0 aliphatic carbocycles. The lowest BCUT2D eigenvalue weighted by atomic mass is 10.2. The summed E-state index contributed by atoms with van der Waals surface area (Å²) in [6.07, 6.45) is 0. The Morgan fingerprint density at radius 1 is 1.12 bits per heavy atom. The molecule has 0 fully saturated rings. The van der Waals surface area contributed by atoms with E-state index in [1.807, 2.05) is 0 Å². The molecule has 0 radical (unpaired) electrons. The summed E-state index contributed by atoms with van der Waals surface area (Å²) in [7, 11) is -3.59. The molecular formula is C17H18ClFN2O3S. The minimum Gasteiger partial charge on any atom is -0.319 e. The van der Waals surface area contributed by atoms with Gasteiger partial charge in [-0.2, -0.15) is 4.31 Å². The zero-order chi connectivity index (χ0) is 18.6. The molecule has 5 nitrogen and oxygen atoms in total. The van der Waals surface area contributed by atoms with E-state index in [1.54, 1.807) is 13.8 Å². The van der Waals surface area contributed by atoms with Crippen molar-refractivity contribution >= 4 is 33.2 Å². The van der Waals surface area contributed by atoms with Gasteiger partial charge in [0.2, 0.25) is 10.0 Å². The second-order valence-electron chi connectivity index (χ2n) is 5.17. The molecule has 0 atom stereocenters. The smallest absolute Gasteiger partial charge is 0.255 e. The monoisotopic (exact) mass is 384 g/mol. The van der Waals surface area contributed by atoms with Gasteiger partial charge in [0.15, 0.2) is 5.82 Å². The quantitative estimate of drug-likeness (QED) is 0.824. The maximum absolute atomic E-state index is 13.8. The van der Waals surface area contributed by atoms with Crippen molar-refractivity contribution in [2.45, 2.75) is 18.7 Å². The molecule has 0 bridgehead atoms. The van der Waals surface area contributed by atoms with Crippen molar-refractivity contribution in [2.24, 2.45) is 0 Å². The van der Waals surface area contributed by atoms with E-state index in [4.69, 9.17) is 11.6 Å². The average molecular weight is 385 g/mol. The summed E-state index contributed by atoms with van der Waals surface area (Å²) in [5.74, 6) is -1.29. The first kappa shape index (κ1) is 19.4. The molecule has 2 aromatic carbocycles. The lowest BCUT2D eigenvalue weighted by Gasteiger charge is -2.18. The van der Waals surface area contributed by atoms with Crippen LogP contribution in [0.3, 0.4) is 0 Å². The third-order valence-electron chi connectivity index (χ3n) is 3.66. The molecule has 0 aromatic heterocycles.